The number of piperazine rings is 1. The van der Waals surface area contributed by atoms with Crippen molar-refractivity contribution in [1.82, 2.24) is 20.0 Å². The Bertz CT molecular complexity index is 1430. The van der Waals surface area contributed by atoms with Gasteiger partial charge in [0.05, 0.1) is 18.2 Å². The number of fused-ring (bicyclic) bond motifs is 1. The highest BCUT2D eigenvalue weighted by atomic mass is 19.1. The summed E-state index contributed by atoms with van der Waals surface area (Å²) in [5, 5.41) is 2.24. The van der Waals surface area contributed by atoms with Crippen LogP contribution in [0.3, 0.4) is 0 Å². The van der Waals surface area contributed by atoms with Gasteiger partial charge in [0.2, 0.25) is 11.8 Å². The van der Waals surface area contributed by atoms with Crippen molar-refractivity contribution in [2.75, 3.05) is 26.2 Å². The number of carbonyl (C=O) groups excluding carboxylic acids is 4. The molecule has 3 aromatic rings. The van der Waals surface area contributed by atoms with Gasteiger partial charge in [-0.05, 0) is 29.7 Å². The van der Waals surface area contributed by atoms with Crippen LogP contribution in [0, 0.1) is 5.82 Å². The molecule has 0 aromatic heterocycles. The lowest BCUT2D eigenvalue weighted by molar-refractivity contribution is -0.136. The van der Waals surface area contributed by atoms with E-state index in [-0.39, 0.29) is 48.0 Å². The number of amides is 4. The Morgan fingerprint density at radius 3 is 2.08 bits per heavy atom. The fourth-order valence-corrected chi connectivity index (χ4v) is 6.01. The van der Waals surface area contributed by atoms with Crippen LogP contribution < -0.4 is 5.32 Å². The molecule has 2 saturated heterocycles. The molecular formula is C31H29FN4O4. The van der Waals surface area contributed by atoms with Crippen molar-refractivity contribution in [3.8, 4) is 0 Å². The smallest absolute Gasteiger partial charge is 0.256 e. The molecular weight excluding hydrogens is 511 g/mol. The van der Waals surface area contributed by atoms with Crippen molar-refractivity contribution in [2.45, 2.75) is 31.5 Å². The molecule has 3 aliphatic heterocycles. The number of nitrogens with one attached hydrogen (secondary N) is 1. The van der Waals surface area contributed by atoms with Crippen LogP contribution in [-0.2, 0) is 16.1 Å². The molecule has 8 nitrogen and oxygen atoms in total. The Morgan fingerprint density at radius 2 is 1.48 bits per heavy atom. The van der Waals surface area contributed by atoms with Crippen molar-refractivity contribution in [3.63, 3.8) is 0 Å². The van der Waals surface area contributed by atoms with Crippen LogP contribution in [0.4, 0.5) is 4.39 Å². The molecule has 1 unspecified atom stereocenters. The number of hydrogen-bond acceptors (Lipinski definition) is 5. The predicted molar refractivity (Wildman–Crippen MR) is 145 cm³/mol. The Hall–Kier alpha value is -4.37. The molecule has 0 saturated carbocycles. The maximum atomic E-state index is 15.7. The third-order valence-electron chi connectivity index (χ3n) is 8.08. The van der Waals surface area contributed by atoms with E-state index in [4.69, 9.17) is 0 Å². The molecule has 40 heavy (non-hydrogen) atoms. The van der Waals surface area contributed by atoms with Crippen LogP contribution >= 0.6 is 0 Å². The second-order valence-corrected chi connectivity index (χ2v) is 10.4. The zero-order chi connectivity index (χ0) is 27.8. The van der Waals surface area contributed by atoms with E-state index in [1.54, 1.807) is 4.90 Å². The minimum atomic E-state index is -0.841. The summed E-state index contributed by atoms with van der Waals surface area (Å²) in [5.74, 6) is -2.55. The average Bonchev–Trinajstić information content (AvgIpc) is 3.31. The summed E-state index contributed by atoms with van der Waals surface area (Å²) in [5.41, 5.74) is 2.53. The summed E-state index contributed by atoms with van der Waals surface area (Å²) in [6.45, 7) is 2.00. The number of halogens is 1. The summed E-state index contributed by atoms with van der Waals surface area (Å²) in [6.07, 6.45) is 0.305. The van der Waals surface area contributed by atoms with E-state index in [1.165, 1.54) is 28.2 Å². The second-order valence-electron chi connectivity index (χ2n) is 10.4. The van der Waals surface area contributed by atoms with E-state index in [0.29, 0.717) is 26.2 Å². The van der Waals surface area contributed by atoms with Crippen LogP contribution in [-0.4, -0.2) is 70.5 Å². The van der Waals surface area contributed by atoms with Gasteiger partial charge in [-0.2, -0.15) is 0 Å². The molecule has 3 aromatic carbocycles. The zero-order valence-corrected chi connectivity index (χ0v) is 21.9. The summed E-state index contributed by atoms with van der Waals surface area (Å²) < 4.78 is 15.7. The van der Waals surface area contributed by atoms with Crippen LogP contribution in [0.2, 0.25) is 0 Å². The first-order valence-corrected chi connectivity index (χ1v) is 13.5. The van der Waals surface area contributed by atoms with Gasteiger partial charge in [-0.3, -0.25) is 29.4 Å². The quantitative estimate of drug-likeness (QED) is 0.503. The molecule has 204 valence electrons. The van der Waals surface area contributed by atoms with Gasteiger partial charge < -0.3 is 9.80 Å². The van der Waals surface area contributed by atoms with Crippen LogP contribution in [0.25, 0.3) is 0 Å². The molecule has 2 fully saturated rings. The standard InChI is InChI=1S/C31H29FN4O4/c32-27-23(12-11-22-24(27)19-36(31(22)40)25-13-14-26(37)33-29(25)38)30(39)35-17-15-34(16-18-35)28(20-7-3-1-4-8-20)21-9-5-2-6-10-21/h1-12,25,28H,13-19H2,(H,33,37,38). The van der Waals surface area contributed by atoms with Crippen LogP contribution in [0.5, 0.6) is 0 Å². The molecule has 3 aliphatic rings. The highest BCUT2D eigenvalue weighted by Gasteiger charge is 2.41. The lowest BCUT2D eigenvalue weighted by Crippen LogP contribution is -2.52. The number of imide groups is 1. The monoisotopic (exact) mass is 540 g/mol. The minimum absolute atomic E-state index is 0.0423. The zero-order valence-electron chi connectivity index (χ0n) is 21.9. The van der Waals surface area contributed by atoms with Crippen LogP contribution in [0.1, 0.15) is 56.3 Å². The molecule has 4 amide bonds. The largest absolute Gasteiger partial charge is 0.336 e. The highest BCUT2D eigenvalue weighted by molar-refractivity contribution is 6.06. The summed E-state index contributed by atoms with van der Waals surface area (Å²) >= 11 is 0. The van der Waals surface area contributed by atoms with Gasteiger partial charge in [0, 0.05) is 43.7 Å². The normalized spacial score (nSPS) is 19.6. The Kier molecular flexibility index (Phi) is 6.89. The molecule has 9 heteroatoms. The van der Waals surface area contributed by atoms with E-state index in [1.807, 2.05) is 36.4 Å². The highest BCUT2D eigenvalue weighted by Crippen LogP contribution is 2.32. The number of piperidine rings is 1. The number of rotatable bonds is 5. The van der Waals surface area contributed by atoms with Crippen molar-refractivity contribution in [2.24, 2.45) is 0 Å². The number of carbonyl (C=O) groups is 4. The van der Waals surface area contributed by atoms with E-state index >= 15 is 4.39 Å². The SMILES string of the molecule is O=C1CCC(N2Cc3c(ccc(C(=O)N4CCN(C(c5ccccc5)c5ccccc5)CC4)c3F)C2=O)C(=O)N1. The van der Waals surface area contributed by atoms with Gasteiger partial charge in [0.15, 0.2) is 0 Å². The van der Waals surface area contributed by atoms with E-state index in [0.717, 1.165) is 0 Å². The molecule has 3 heterocycles. The summed E-state index contributed by atoms with van der Waals surface area (Å²) in [6, 6.07) is 22.5. The third kappa shape index (κ3) is 4.66. The molecule has 0 spiro atoms. The van der Waals surface area contributed by atoms with Crippen molar-refractivity contribution >= 4 is 23.6 Å². The van der Waals surface area contributed by atoms with E-state index in [9.17, 15) is 19.2 Å². The second kappa shape index (κ2) is 10.7. The first kappa shape index (κ1) is 25.9. The molecule has 0 bridgehead atoms. The number of hydrogen-bond donors (Lipinski definition) is 1. The molecule has 1 atom stereocenters. The lowest BCUT2D eigenvalue weighted by atomic mass is 9.96. The predicted octanol–water partition coefficient (Wildman–Crippen LogP) is 3.13. The maximum Gasteiger partial charge on any atom is 0.256 e. The third-order valence-corrected chi connectivity index (χ3v) is 8.08. The summed E-state index contributed by atoms with van der Waals surface area (Å²) in [4.78, 5) is 55.6. The van der Waals surface area contributed by atoms with Crippen LogP contribution in [0.15, 0.2) is 72.8 Å². The maximum absolute atomic E-state index is 15.7. The molecule has 6 rings (SSSR count). The topological polar surface area (TPSA) is 90.0 Å². The van der Waals surface area contributed by atoms with Crippen molar-refractivity contribution in [1.29, 1.82) is 0 Å². The Labute approximate surface area is 231 Å². The number of benzene rings is 3. The van der Waals surface area contributed by atoms with Crippen molar-refractivity contribution in [3.05, 3.63) is 106 Å². The molecule has 1 N–H and O–H groups in total. The van der Waals surface area contributed by atoms with Gasteiger partial charge >= 0.3 is 0 Å². The minimum Gasteiger partial charge on any atom is -0.336 e. The first-order chi connectivity index (χ1) is 19.4. The molecule has 0 aliphatic carbocycles. The first-order valence-electron chi connectivity index (χ1n) is 13.5. The van der Waals surface area contributed by atoms with Gasteiger partial charge in [-0.15, -0.1) is 0 Å². The number of nitrogens with zero attached hydrogens (tertiary/aromatic N) is 3. The summed E-state index contributed by atoms with van der Waals surface area (Å²) in [7, 11) is 0. The van der Waals surface area contributed by atoms with Gasteiger partial charge in [0.1, 0.15) is 11.9 Å². The fourth-order valence-electron chi connectivity index (χ4n) is 6.01. The van der Waals surface area contributed by atoms with Gasteiger partial charge in [-0.1, -0.05) is 60.7 Å². The van der Waals surface area contributed by atoms with Gasteiger partial charge in [-0.25, -0.2) is 4.39 Å². The van der Waals surface area contributed by atoms with Gasteiger partial charge in [0.25, 0.3) is 11.8 Å². The molecule has 0 radical (unpaired) electrons. The fraction of sp³-hybridized carbons (Fsp3) is 0.290. The van der Waals surface area contributed by atoms with E-state index in [2.05, 4.69) is 34.5 Å². The lowest BCUT2D eigenvalue weighted by Gasteiger charge is -2.40. The van der Waals surface area contributed by atoms with Crippen molar-refractivity contribution < 1.29 is 23.6 Å². The Balaban J connectivity index is 1.17. The average molecular weight is 541 g/mol. The Morgan fingerprint density at radius 1 is 0.850 bits per heavy atom. The van der Waals surface area contributed by atoms with E-state index < -0.39 is 29.6 Å².